The minimum atomic E-state index is -4.37. The van der Waals surface area contributed by atoms with Crippen LogP contribution in [0, 0.1) is 0 Å². The smallest absolute Gasteiger partial charge is 0.304 e. The van der Waals surface area contributed by atoms with Crippen molar-refractivity contribution in [2.24, 2.45) is 0 Å². The van der Waals surface area contributed by atoms with Gasteiger partial charge in [0.25, 0.3) is 0 Å². The topological polar surface area (TPSA) is 130 Å². The number of fused-ring (bicyclic) bond motifs is 6. The molecule has 0 saturated heterocycles. The van der Waals surface area contributed by atoms with Gasteiger partial charge in [0.1, 0.15) is 4.21 Å². The molecular formula is C38H34Cl4N4O5S3. The monoisotopic (exact) mass is 862 g/mol. The van der Waals surface area contributed by atoms with Crippen LogP contribution in [0.5, 0.6) is 0 Å². The van der Waals surface area contributed by atoms with Crippen LogP contribution in [0.2, 0.25) is 20.1 Å². The Morgan fingerprint density at radius 1 is 0.685 bits per heavy atom. The summed E-state index contributed by atoms with van der Waals surface area (Å²) in [5.74, 6) is 0. The second-order valence-electron chi connectivity index (χ2n) is 13.7. The highest BCUT2D eigenvalue weighted by atomic mass is 35.5. The third-order valence-corrected chi connectivity index (χ3v) is 14.5. The van der Waals surface area contributed by atoms with Gasteiger partial charge in [0.2, 0.25) is 0 Å². The number of aliphatic hydroxyl groups is 2. The summed E-state index contributed by atoms with van der Waals surface area (Å²) in [6, 6.07) is 13.9. The van der Waals surface area contributed by atoms with E-state index in [2.05, 4.69) is 11.4 Å². The number of hydrogen-bond acceptors (Lipinski definition) is 8. The largest absolute Gasteiger partial charge is 0.387 e. The van der Waals surface area contributed by atoms with Gasteiger partial charge in [0.15, 0.2) is 0 Å². The van der Waals surface area contributed by atoms with Gasteiger partial charge in [-0.25, -0.2) is 9.36 Å². The predicted molar refractivity (Wildman–Crippen MR) is 216 cm³/mol. The van der Waals surface area contributed by atoms with Gasteiger partial charge in [-0.2, -0.15) is 18.6 Å². The zero-order valence-electron chi connectivity index (χ0n) is 28.6. The zero-order chi connectivity index (χ0) is 37.9. The Labute approximate surface area is 340 Å². The van der Waals surface area contributed by atoms with Gasteiger partial charge in [-0.05, 0) is 66.8 Å². The van der Waals surface area contributed by atoms with Crippen LogP contribution in [-0.4, -0.2) is 42.7 Å². The summed E-state index contributed by atoms with van der Waals surface area (Å²) in [6.07, 6.45) is 6.27. The van der Waals surface area contributed by atoms with Crippen LogP contribution in [0.15, 0.2) is 58.1 Å². The van der Waals surface area contributed by atoms with E-state index >= 15 is 0 Å². The second-order valence-corrected chi connectivity index (χ2v) is 19.1. The van der Waals surface area contributed by atoms with E-state index in [4.69, 9.17) is 56.6 Å². The molecule has 2 aliphatic carbocycles. The highest BCUT2D eigenvalue weighted by Crippen LogP contribution is 2.48. The van der Waals surface area contributed by atoms with Gasteiger partial charge < -0.3 is 10.2 Å². The summed E-state index contributed by atoms with van der Waals surface area (Å²) in [4.78, 5) is 2.03. The average Bonchev–Trinajstić information content (AvgIpc) is 3.94. The molecule has 16 heteroatoms. The van der Waals surface area contributed by atoms with Gasteiger partial charge >= 0.3 is 10.1 Å². The minimum Gasteiger partial charge on any atom is -0.387 e. The van der Waals surface area contributed by atoms with Crippen molar-refractivity contribution in [3.05, 3.63) is 106 Å². The maximum Gasteiger partial charge on any atom is 0.304 e. The highest BCUT2D eigenvalue weighted by molar-refractivity contribution is 7.88. The van der Waals surface area contributed by atoms with Gasteiger partial charge in [0.05, 0.1) is 56.4 Å². The lowest BCUT2D eigenvalue weighted by molar-refractivity contribution is 0.155. The van der Waals surface area contributed by atoms with Gasteiger partial charge in [-0.15, -0.1) is 22.7 Å². The summed E-state index contributed by atoms with van der Waals surface area (Å²) in [7, 11) is -4.37. The van der Waals surface area contributed by atoms with Crippen molar-refractivity contribution < 1.29 is 23.2 Å². The normalized spacial score (nSPS) is 14.3. The Balaban J connectivity index is 0.870. The predicted octanol–water partition coefficient (Wildman–Crippen LogP) is 11.1. The van der Waals surface area contributed by atoms with Crippen molar-refractivity contribution in [1.29, 1.82) is 0 Å². The second kappa shape index (κ2) is 15.3. The fourth-order valence-corrected chi connectivity index (χ4v) is 11.3. The molecule has 0 bridgehead atoms. The van der Waals surface area contributed by atoms with Gasteiger partial charge in [0, 0.05) is 54.9 Å². The first-order chi connectivity index (χ1) is 25.9. The number of rotatable bonds is 14. The van der Waals surface area contributed by atoms with Crippen LogP contribution < -0.4 is 0 Å². The molecule has 0 spiro atoms. The number of benzene rings is 2. The highest BCUT2D eigenvalue weighted by Gasteiger charge is 2.35. The first kappa shape index (κ1) is 38.1. The number of hydrogen-bond donors (Lipinski definition) is 3. The zero-order valence-corrected chi connectivity index (χ0v) is 34.1. The molecule has 54 heavy (non-hydrogen) atoms. The molecule has 0 saturated carbocycles. The standard InChI is InChI=1S/C38H34Cl4N4O5S3/c39-20-9-11-28(26(41)15-20)45-37-22-13-14-52-32(22)17-24(37)35(43-45)30(47)7-5-3-1-2-4-6-8-31(48)36-25-18-33-23(19-34(53-33)54(49,50)51)38(25)46(44-36)29-12-10-21(40)16-27(29)42/h9-16,19,30-31,47-48H,1-8,17-18H2,(H,49,50,51). The third-order valence-electron chi connectivity index (χ3n) is 10.1. The van der Waals surface area contributed by atoms with Crippen molar-refractivity contribution in [3.63, 3.8) is 0 Å². The molecule has 2 aromatic carbocycles. The lowest BCUT2D eigenvalue weighted by Crippen LogP contribution is -2.05. The summed E-state index contributed by atoms with van der Waals surface area (Å²) in [5, 5.41) is 36.3. The number of aliphatic hydroxyl groups excluding tert-OH is 2. The molecule has 2 atom stereocenters. The fraction of sp³-hybridized carbons (Fsp3) is 0.316. The van der Waals surface area contributed by atoms with Crippen LogP contribution >= 0.6 is 69.1 Å². The van der Waals surface area contributed by atoms with Crippen molar-refractivity contribution in [1.82, 2.24) is 19.6 Å². The van der Waals surface area contributed by atoms with Crippen molar-refractivity contribution >= 4 is 79.2 Å². The molecule has 9 nitrogen and oxygen atoms in total. The molecule has 282 valence electrons. The number of halogens is 4. The third kappa shape index (κ3) is 7.19. The van der Waals surface area contributed by atoms with E-state index in [0.717, 1.165) is 89.2 Å². The van der Waals surface area contributed by atoms with Crippen LogP contribution in [-0.2, 0) is 23.0 Å². The molecular weight excluding hydrogens is 830 g/mol. The number of unbranched alkanes of at least 4 members (excludes halogenated alkanes) is 5. The van der Waals surface area contributed by atoms with E-state index in [1.54, 1.807) is 46.4 Å². The van der Waals surface area contributed by atoms with E-state index in [0.29, 0.717) is 67.7 Å². The first-order valence-electron chi connectivity index (χ1n) is 17.6. The van der Waals surface area contributed by atoms with E-state index < -0.39 is 22.3 Å². The number of nitrogens with zero attached hydrogens (tertiary/aromatic N) is 4. The van der Waals surface area contributed by atoms with Gasteiger partial charge in [-0.3, -0.25) is 4.55 Å². The average molecular weight is 865 g/mol. The Kier molecular flexibility index (Phi) is 10.8. The molecule has 0 radical (unpaired) electrons. The van der Waals surface area contributed by atoms with Crippen LogP contribution in [0.3, 0.4) is 0 Å². The molecule has 6 aromatic rings. The number of aromatic nitrogens is 4. The lowest BCUT2D eigenvalue weighted by Gasteiger charge is -2.11. The molecule has 0 aliphatic heterocycles. The summed E-state index contributed by atoms with van der Waals surface area (Å²) >= 11 is 28.2. The van der Waals surface area contributed by atoms with Crippen molar-refractivity contribution in [3.8, 4) is 33.9 Å². The van der Waals surface area contributed by atoms with E-state index in [-0.39, 0.29) is 4.21 Å². The molecule has 4 heterocycles. The summed E-state index contributed by atoms with van der Waals surface area (Å²) < 4.78 is 36.8. The van der Waals surface area contributed by atoms with Crippen LogP contribution in [0.1, 0.15) is 95.8 Å². The summed E-state index contributed by atoms with van der Waals surface area (Å²) in [6.45, 7) is 0. The Hall–Kier alpha value is -2.75. The molecule has 2 unspecified atom stereocenters. The number of thiophene rings is 2. The Morgan fingerprint density at radius 2 is 1.19 bits per heavy atom. The van der Waals surface area contributed by atoms with E-state index in [1.165, 1.54) is 10.9 Å². The molecule has 0 fully saturated rings. The van der Waals surface area contributed by atoms with Crippen LogP contribution in [0.25, 0.3) is 33.9 Å². The summed E-state index contributed by atoms with van der Waals surface area (Å²) in [5.41, 5.74) is 7.80. The Bertz CT molecular complexity index is 2510. The molecule has 8 rings (SSSR count). The van der Waals surface area contributed by atoms with E-state index in [9.17, 15) is 23.2 Å². The van der Waals surface area contributed by atoms with Crippen LogP contribution in [0.4, 0.5) is 0 Å². The quantitative estimate of drug-likeness (QED) is 0.0733. The van der Waals surface area contributed by atoms with E-state index in [1.807, 2.05) is 10.7 Å². The molecule has 4 aromatic heterocycles. The minimum absolute atomic E-state index is 0.138. The molecule has 0 amide bonds. The molecule has 3 N–H and O–H groups in total. The first-order valence-corrected chi connectivity index (χ1v) is 22.2. The fourth-order valence-electron chi connectivity index (χ4n) is 7.56. The lowest BCUT2D eigenvalue weighted by atomic mass is 10.0. The SMILES string of the molecule is O=S(=O)(O)c1cc2c(s1)Cc1c(C(O)CCCCCCCCC(O)c3nn(-c4ccc(Cl)cc4Cl)c4c3Cc3sccc3-4)nn(-c3ccc(Cl)cc3Cl)c1-2. The molecule has 2 aliphatic rings. The maximum absolute atomic E-state index is 11.9. The van der Waals surface area contributed by atoms with Crippen molar-refractivity contribution in [2.45, 2.75) is 80.6 Å². The van der Waals surface area contributed by atoms with Gasteiger partial charge in [-0.1, -0.05) is 84.9 Å². The Morgan fingerprint density at radius 3 is 1.70 bits per heavy atom. The van der Waals surface area contributed by atoms with Crippen molar-refractivity contribution in [2.75, 3.05) is 0 Å². The maximum atomic E-state index is 11.9.